The van der Waals surface area contributed by atoms with E-state index in [1.54, 1.807) is 0 Å². The van der Waals surface area contributed by atoms with Crippen molar-refractivity contribution in [1.29, 1.82) is 0 Å². The molecule has 2 nitrogen and oxygen atoms in total. The molecule has 2 fully saturated rings. The minimum Gasteiger partial charge on any atom is -0.377 e. The van der Waals surface area contributed by atoms with Crippen LogP contribution in [0.15, 0.2) is 0 Å². The maximum Gasteiger partial charge on any atom is 0.0728 e. The van der Waals surface area contributed by atoms with Gasteiger partial charge in [-0.25, -0.2) is 0 Å². The van der Waals surface area contributed by atoms with E-state index in [-0.39, 0.29) is 0 Å². The highest BCUT2D eigenvalue weighted by Gasteiger charge is 2.32. The fourth-order valence-electron chi connectivity index (χ4n) is 2.79. The van der Waals surface area contributed by atoms with Crippen molar-refractivity contribution in [3.05, 3.63) is 0 Å². The largest absolute Gasteiger partial charge is 0.377 e. The highest BCUT2D eigenvalue weighted by molar-refractivity contribution is 4.88. The van der Waals surface area contributed by atoms with Crippen LogP contribution in [0, 0.1) is 11.8 Å². The van der Waals surface area contributed by atoms with E-state index in [4.69, 9.17) is 4.74 Å². The molecule has 0 aromatic rings. The van der Waals surface area contributed by atoms with Crippen LogP contribution in [0.5, 0.6) is 0 Å². The minimum atomic E-state index is 0.507. The Morgan fingerprint density at radius 1 is 1.29 bits per heavy atom. The molecule has 1 saturated heterocycles. The lowest BCUT2D eigenvalue weighted by Crippen LogP contribution is -2.45. The van der Waals surface area contributed by atoms with Crippen molar-refractivity contribution in [2.45, 2.75) is 51.7 Å². The predicted molar refractivity (Wildman–Crippen MR) is 58.3 cm³/mol. The van der Waals surface area contributed by atoms with Gasteiger partial charge in [-0.15, -0.1) is 0 Å². The molecular weight excluding hydrogens is 174 g/mol. The Labute approximate surface area is 87.4 Å². The lowest BCUT2D eigenvalue weighted by Gasteiger charge is -2.36. The van der Waals surface area contributed by atoms with E-state index in [2.05, 4.69) is 19.2 Å². The molecule has 0 spiro atoms. The van der Waals surface area contributed by atoms with E-state index in [1.807, 2.05) is 0 Å². The average Bonchev–Trinajstić information content (AvgIpc) is 2.41. The molecular formula is C12H23NO. The van der Waals surface area contributed by atoms with Crippen LogP contribution >= 0.6 is 0 Å². The van der Waals surface area contributed by atoms with Gasteiger partial charge < -0.3 is 10.1 Å². The molecule has 0 amide bonds. The van der Waals surface area contributed by atoms with Gasteiger partial charge in [-0.3, -0.25) is 0 Å². The predicted octanol–water partition coefficient (Wildman–Crippen LogP) is 2.19. The van der Waals surface area contributed by atoms with Crippen molar-refractivity contribution in [2.24, 2.45) is 11.8 Å². The lowest BCUT2D eigenvalue weighted by atomic mass is 9.78. The number of nitrogens with one attached hydrogen (secondary N) is 1. The summed E-state index contributed by atoms with van der Waals surface area (Å²) in [5, 5.41) is 3.64. The first-order valence-corrected chi connectivity index (χ1v) is 6.12. The standard InChI is InChI=1S/C12H23NO/c1-9(2)10-4-5-12-11(8-10)13-6-3-7-14-12/h9-13H,3-8H2,1-2H3. The molecule has 1 heterocycles. The summed E-state index contributed by atoms with van der Waals surface area (Å²) in [6.45, 7) is 6.80. The fourth-order valence-corrected chi connectivity index (χ4v) is 2.79. The normalized spacial score (nSPS) is 39.2. The first kappa shape index (κ1) is 10.4. The summed E-state index contributed by atoms with van der Waals surface area (Å²) in [4.78, 5) is 0. The molecule has 82 valence electrons. The number of hydrogen-bond donors (Lipinski definition) is 1. The van der Waals surface area contributed by atoms with Gasteiger partial charge in [-0.1, -0.05) is 13.8 Å². The smallest absolute Gasteiger partial charge is 0.0728 e. The molecule has 0 aromatic heterocycles. The molecule has 3 atom stereocenters. The van der Waals surface area contributed by atoms with Gasteiger partial charge in [0, 0.05) is 12.6 Å². The highest BCUT2D eigenvalue weighted by Crippen LogP contribution is 2.32. The second-order valence-electron chi connectivity index (χ2n) is 5.14. The number of hydrogen-bond acceptors (Lipinski definition) is 2. The minimum absolute atomic E-state index is 0.507. The van der Waals surface area contributed by atoms with Gasteiger partial charge in [0.1, 0.15) is 0 Å². The molecule has 0 radical (unpaired) electrons. The van der Waals surface area contributed by atoms with E-state index >= 15 is 0 Å². The Morgan fingerprint density at radius 2 is 2.14 bits per heavy atom. The summed E-state index contributed by atoms with van der Waals surface area (Å²) in [7, 11) is 0. The Bertz CT molecular complexity index is 181. The highest BCUT2D eigenvalue weighted by atomic mass is 16.5. The monoisotopic (exact) mass is 197 g/mol. The number of ether oxygens (including phenoxy) is 1. The van der Waals surface area contributed by atoms with Crippen LogP contribution in [-0.4, -0.2) is 25.3 Å². The zero-order chi connectivity index (χ0) is 9.97. The summed E-state index contributed by atoms with van der Waals surface area (Å²) in [6.07, 6.45) is 5.63. The molecule has 0 aromatic carbocycles. The zero-order valence-electron chi connectivity index (χ0n) is 9.46. The van der Waals surface area contributed by atoms with Crippen molar-refractivity contribution in [3.8, 4) is 0 Å². The van der Waals surface area contributed by atoms with Crippen LogP contribution in [0.3, 0.4) is 0 Å². The Balaban J connectivity index is 1.93. The van der Waals surface area contributed by atoms with Gasteiger partial charge >= 0.3 is 0 Å². The molecule has 1 aliphatic heterocycles. The quantitative estimate of drug-likeness (QED) is 0.696. The van der Waals surface area contributed by atoms with Gasteiger partial charge in [-0.2, -0.15) is 0 Å². The molecule has 0 bridgehead atoms. The second kappa shape index (κ2) is 4.63. The van der Waals surface area contributed by atoms with Crippen molar-refractivity contribution in [2.75, 3.05) is 13.2 Å². The fraction of sp³-hybridized carbons (Fsp3) is 1.00. The summed E-state index contributed by atoms with van der Waals surface area (Å²) >= 11 is 0. The Morgan fingerprint density at radius 3 is 2.93 bits per heavy atom. The maximum atomic E-state index is 5.87. The van der Waals surface area contributed by atoms with Crippen LogP contribution in [0.1, 0.15) is 39.5 Å². The van der Waals surface area contributed by atoms with E-state index in [1.165, 1.54) is 25.7 Å². The zero-order valence-corrected chi connectivity index (χ0v) is 9.46. The maximum absolute atomic E-state index is 5.87. The van der Waals surface area contributed by atoms with Crippen molar-refractivity contribution in [1.82, 2.24) is 5.32 Å². The van der Waals surface area contributed by atoms with Gasteiger partial charge in [0.15, 0.2) is 0 Å². The van der Waals surface area contributed by atoms with E-state index in [0.29, 0.717) is 12.1 Å². The van der Waals surface area contributed by atoms with Crippen molar-refractivity contribution < 1.29 is 4.74 Å². The topological polar surface area (TPSA) is 21.3 Å². The SMILES string of the molecule is CC(C)C1CCC2OCCCNC2C1. The molecule has 1 saturated carbocycles. The van der Waals surface area contributed by atoms with Crippen LogP contribution in [0.2, 0.25) is 0 Å². The molecule has 1 aliphatic carbocycles. The molecule has 3 unspecified atom stereocenters. The van der Waals surface area contributed by atoms with Gasteiger partial charge in [0.05, 0.1) is 6.10 Å². The second-order valence-corrected chi connectivity index (χ2v) is 5.14. The van der Waals surface area contributed by atoms with Gasteiger partial charge in [-0.05, 0) is 44.1 Å². The molecule has 2 rings (SSSR count). The Hall–Kier alpha value is -0.0800. The van der Waals surface area contributed by atoms with Crippen LogP contribution in [-0.2, 0) is 4.74 Å². The lowest BCUT2D eigenvalue weighted by molar-refractivity contribution is 0.00413. The summed E-state index contributed by atoms with van der Waals surface area (Å²) in [5.74, 6) is 1.74. The van der Waals surface area contributed by atoms with Crippen molar-refractivity contribution in [3.63, 3.8) is 0 Å². The third-order valence-electron chi connectivity index (χ3n) is 3.83. The molecule has 2 aliphatic rings. The number of rotatable bonds is 1. The summed E-state index contributed by atoms with van der Waals surface area (Å²) in [6, 6.07) is 0.638. The Kier molecular flexibility index (Phi) is 3.45. The van der Waals surface area contributed by atoms with E-state index < -0.39 is 0 Å². The first-order valence-electron chi connectivity index (χ1n) is 6.12. The summed E-state index contributed by atoms with van der Waals surface area (Å²) in [5.41, 5.74) is 0. The van der Waals surface area contributed by atoms with Crippen LogP contribution in [0.25, 0.3) is 0 Å². The van der Waals surface area contributed by atoms with Crippen molar-refractivity contribution >= 4 is 0 Å². The van der Waals surface area contributed by atoms with Gasteiger partial charge in [0.2, 0.25) is 0 Å². The average molecular weight is 197 g/mol. The van der Waals surface area contributed by atoms with Gasteiger partial charge in [0.25, 0.3) is 0 Å². The number of fused-ring (bicyclic) bond motifs is 1. The van der Waals surface area contributed by atoms with Crippen LogP contribution in [0.4, 0.5) is 0 Å². The molecule has 1 N–H and O–H groups in total. The molecule has 14 heavy (non-hydrogen) atoms. The summed E-state index contributed by atoms with van der Waals surface area (Å²) < 4.78 is 5.87. The third kappa shape index (κ3) is 2.29. The first-order chi connectivity index (χ1) is 6.77. The van der Waals surface area contributed by atoms with E-state index in [0.717, 1.165) is 25.0 Å². The molecule has 2 heteroatoms. The third-order valence-corrected chi connectivity index (χ3v) is 3.83. The van der Waals surface area contributed by atoms with E-state index in [9.17, 15) is 0 Å². The van der Waals surface area contributed by atoms with Crippen LogP contribution < -0.4 is 5.32 Å².